The van der Waals surface area contributed by atoms with Crippen molar-refractivity contribution in [1.29, 1.82) is 0 Å². The van der Waals surface area contributed by atoms with Gasteiger partial charge in [-0.05, 0) is 46.3 Å². The Labute approximate surface area is 191 Å². The summed E-state index contributed by atoms with van der Waals surface area (Å²) in [6, 6.07) is 12.1. The molecule has 9 nitrogen and oxygen atoms in total. The Morgan fingerprint density at radius 1 is 1.22 bits per heavy atom. The highest BCUT2D eigenvalue weighted by Gasteiger charge is 2.18. The van der Waals surface area contributed by atoms with Gasteiger partial charge in [-0.25, -0.2) is 10.1 Å². The topological polar surface area (TPSA) is 113 Å². The lowest BCUT2D eigenvalue weighted by Gasteiger charge is -2.18. The van der Waals surface area contributed by atoms with Gasteiger partial charge in [-0.1, -0.05) is 0 Å². The van der Waals surface area contributed by atoms with E-state index in [2.05, 4.69) is 36.4 Å². The number of nitrogens with zero attached hydrogens (tertiary/aromatic N) is 3. The number of amides is 1. The maximum Gasteiger partial charge on any atom is 0.266 e. The van der Waals surface area contributed by atoms with Gasteiger partial charge in [0.25, 0.3) is 5.56 Å². The fraction of sp³-hybridized carbons (Fsp3) is 0.182. The first-order valence-electron chi connectivity index (χ1n) is 9.67. The van der Waals surface area contributed by atoms with E-state index in [4.69, 9.17) is 9.15 Å². The minimum absolute atomic E-state index is 0.0309. The molecule has 0 saturated carbocycles. The van der Waals surface area contributed by atoms with Gasteiger partial charge < -0.3 is 19.4 Å². The number of carbonyl (C=O) groups is 1. The van der Waals surface area contributed by atoms with Gasteiger partial charge in [0, 0.05) is 36.3 Å². The number of anilines is 3. The van der Waals surface area contributed by atoms with Crippen LogP contribution in [-0.4, -0.2) is 35.2 Å². The molecule has 2 aromatic heterocycles. The van der Waals surface area contributed by atoms with Crippen LogP contribution in [0.3, 0.4) is 0 Å². The summed E-state index contributed by atoms with van der Waals surface area (Å²) in [4.78, 5) is 30.7. The molecule has 164 valence electrons. The van der Waals surface area contributed by atoms with E-state index in [1.54, 1.807) is 57.5 Å². The van der Waals surface area contributed by atoms with E-state index in [9.17, 15) is 9.59 Å². The van der Waals surface area contributed by atoms with Crippen LogP contribution in [0.5, 0.6) is 5.75 Å². The SMILES string of the molecule is COc1ccc(Nc2cc(=O)[nH]nc2CC(=O)N(C)c2ccc3nc(C)oc3c2)c(Br)c1. The standard InChI is InChI=1S/C22H20BrN5O4/c1-12-24-17-6-4-13(8-20(17)32-12)28(2)22(30)11-19-18(10-21(29)27-26-19)25-16-7-5-14(31-3)9-15(16)23/h4-10H,11H2,1-3H3,(H2,25,27,29). The third-order valence-electron chi connectivity index (χ3n) is 4.89. The van der Waals surface area contributed by atoms with Crippen molar-refractivity contribution < 1.29 is 13.9 Å². The molecule has 0 spiro atoms. The number of oxazole rings is 1. The molecule has 0 radical (unpaired) electrons. The van der Waals surface area contributed by atoms with E-state index < -0.39 is 0 Å². The first kappa shape index (κ1) is 21.6. The van der Waals surface area contributed by atoms with Crippen LogP contribution < -0.4 is 20.5 Å². The maximum atomic E-state index is 13.0. The molecule has 2 N–H and O–H groups in total. The number of likely N-dealkylation sites (N-methyl/N-ethyl adjacent to an activating group) is 1. The van der Waals surface area contributed by atoms with Gasteiger partial charge in [-0.15, -0.1) is 0 Å². The van der Waals surface area contributed by atoms with Crippen molar-refractivity contribution in [3.63, 3.8) is 0 Å². The number of aromatic nitrogens is 3. The summed E-state index contributed by atoms with van der Waals surface area (Å²) in [6.45, 7) is 1.77. The summed E-state index contributed by atoms with van der Waals surface area (Å²) in [5, 5.41) is 9.65. The largest absolute Gasteiger partial charge is 0.497 e. The van der Waals surface area contributed by atoms with Gasteiger partial charge in [-0.2, -0.15) is 5.10 Å². The average Bonchev–Trinajstić information content (AvgIpc) is 3.15. The molecule has 2 heterocycles. The van der Waals surface area contributed by atoms with Crippen molar-refractivity contribution in [1.82, 2.24) is 15.2 Å². The summed E-state index contributed by atoms with van der Waals surface area (Å²) >= 11 is 3.48. The van der Waals surface area contributed by atoms with Crippen LogP contribution in [0, 0.1) is 6.92 Å². The van der Waals surface area contributed by atoms with E-state index >= 15 is 0 Å². The minimum Gasteiger partial charge on any atom is -0.497 e. The maximum absolute atomic E-state index is 13.0. The van der Waals surface area contributed by atoms with Gasteiger partial charge in [0.1, 0.15) is 11.3 Å². The fourth-order valence-corrected chi connectivity index (χ4v) is 3.64. The van der Waals surface area contributed by atoms with Crippen LogP contribution >= 0.6 is 15.9 Å². The Morgan fingerprint density at radius 3 is 2.78 bits per heavy atom. The molecule has 1 amide bonds. The number of benzene rings is 2. The molecule has 32 heavy (non-hydrogen) atoms. The van der Waals surface area contributed by atoms with Crippen molar-refractivity contribution in [2.75, 3.05) is 24.4 Å². The highest BCUT2D eigenvalue weighted by Crippen LogP contribution is 2.30. The molecule has 0 unspecified atom stereocenters. The van der Waals surface area contributed by atoms with Gasteiger partial charge in [0.05, 0.1) is 30.6 Å². The number of aromatic amines is 1. The lowest BCUT2D eigenvalue weighted by molar-refractivity contribution is -0.117. The third kappa shape index (κ3) is 4.50. The van der Waals surface area contributed by atoms with Crippen LogP contribution in [0.2, 0.25) is 0 Å². The highest BCUT2D eigenvalue weighted by atomic mass is 79.9. The van der Waals surface area contributed by atoms with E-state index in [0.717, 1.165) is 9.99 Å². The molecule has 0 atom stereocenters. The molecule has 4 aromatic rings. The molecule has 10 heteroatoms. The van der Waals surface area contributed by atoms with Crippen molar-refractivity contribution >= 4 is 50.0 Å². The first-order valence-corrected chi connectivity index (χ1v) is 10.5. The lowest BCUT2D eigenvalue weighted by Crippen LogP contribution is -2.29. The van der Waals surface area contributed by atoms with Crippen LogP contribution in [0.15, 0.2) is 56.1 Å². The molecule has 0 aliphatic heterocycles. The summed E-state index contributed by atoms with van der Waals surface area (Å²) in [5.74, 6) is 1.03. The lowest BCUT2D eigenvalue weighted by atomic mass is 10.2. The third-order valence-corrected chi connectivity index (χ3v) is 5.55. The zero-order valence-corrected chi connectivity index (χ0v) is 19.2. The van der Waals surface area contributed by atoms with Gasteiger partial charge >= 0.3 is 0 Å². The Morgan fingerprint density at radius 2 is 2.03 bits per heavy atom. The second-order valence-corrected chi connectivity index (χ2v) is 7.93. The first-order chi connectivity index (χ1) is 15.3. The quantitative estimate of drug-likeness (QED) is 0.414. The molecule has 0 aliphatic carbocycles. The molecule has 2 aromatic carbocycles. The van der Waals surface area contributed by atoms with Crippen molar-refractivity contribution in [3.05, 3.63) is 68.9 Å². The number of carbonyl (C=O) groups excluding carboxylic acids is 1. The number of hydrogen-bond donors (Lipinski definition) is 2. The van der Waals surface area contributed by atoms with E-state index in [1.807, 2.05) is 0 Å². The number of rotatable bonds is 6. The molecule has 0 fully saturated rings. The zero-order valence-electron chi connectivity index (χ0n) is 17.6. The number of H-pyrrole nitrogens is 1. The molecular weight excluding hydrogens is 478 g/mol. The number of halogens is 1. The summed E-state index contributed by atoms with van der Waals surface area (Å²) < 4.78 is 11.5. The number of aryl methyl sites for hydroxylation is 1. The normalized spacial score (nSPS) is 10.9. The van der Waals surface area contributed by atoms with Crippen molar-refractivity contribution in [3.8, 4) is 5.75 Å². The Balaban J connectivity index is 1.58. The highest BCUT2D eigenvalue weighted by molar-refractivity contribution is 9.10. The smallest absolute Gasteiger partial charge is 0.266 e. The summed E-state index contributed by atoms with van der Waals surface area (Å²) in [5.41, 5.74) is 3.15. The average molecular weight is 498 g/mol. The molecule has 0 aliphatic rings. The zero-order chi connectivity index (χ0) is 22.8. The van der Waals surface area contributed by atoms with Crippen LogP contribution in [-0.2, 0) is 11.2 Å². The number of hydrogen-bond acceptors (Lipinski definition) is 7. The van der Waals surface area contributed by atoms with E-state index in [0.29, 0.717) is 40.0 Å². The molecule has 0 saturated heterocycles. The monoisotopic (exact) mass is 497 g/mol. The number of fused-ring (bicyclic) bond motifs is 1. The minimum atomic E-state index is -0.382. The molecule has 0 bridgehead atoms. The van der Waals surface area contributed by atoms with Crippen molar-refractivity contribution in [2.45, 2.75) is 13.3 Å². The molecule has 4 rings (SSSR count). The van der Waals surface area contributed by atoms with Crippen LogP contribution in [0.25, 0.3) is 11.1 Å². The number of nitrogens with one attached hydrogen (secondary N) is 2. The van der Waals surface area contributed by atoms with Gasteiger partial charge in [0.2, 0.25) is 5.91 Å². The summed E-state index contributed by atoms with van der Waals surface area (Å²) in [6.07, 6.45) is -0.0309. The summed E-state index contributed by atoms with van der Waals surface area (Å²) in [7, 11) is 3.25. The van der Waals surface area contributed by atoms with Gasteiger partial charge in [-0.3, -0.25) is 9.59 Å². The fourth-order valence-electron chi connectivity index (χ4n) is 3.18. The Kier molecular flexibility index (Phi) is 5.95. The Hall–Kier alpha value is -3.66. The number of ether oxygens (including phenoxy) is 1. The van der Waals surface area contributed by atoms with E-state index in [-0.39, 0.29) is 17.9 Å². The van der Waals surface area contributed by atoms with E-state index in [1.165, 1.54) is 11.0 Å². The van der Waals surface area contributed by atoms with Crippen LogP contribution in [0.1, 0.15) is 11.6 Å². The predicted molar refractivity (Wildman–Crippen MR) is 125 cm³/mol. The van der Waals surface area contributed by atoms with Crippen molar-refractivity contribution in [2.24, 2.45) is 0 Å². The Bertz CT molecular complexity index is 1360. The second-order valence-electron chi connectivity index (χ2n) is 7.08. The predicted octanol–water partition coefficient (Wildman–Crippen LogP) is 3.94. The van der Waals surface area contributed by atoms with Crippen LogP contribution in [0.4, 0.5) is 17.1 Å². The number of methoxy groups -OCH3 is 1. The second kappa shape index (κ2) is 8.83. The molecular formula is C22H20BrN5O4. The van der Waals surface area contributed by atoms with Gasteiger partial charge in [0.15, 0.2) is 11.5 Å².